The number of amides is 1. The molecule has 0 bridgehead atoms. The fraction of sp³-hybridized carbons (Fsp3) is 0.900. The molecule has 0 saturated heterocycles. The Labute approximate surface area is 94.7 Å². The molecule has 0 unspecified atom stereocenters. The highest BCUT2D eigenvalue weighted by Gasteiger charge is 2.25. The number of hydrogen-bond acceptors (Lipinski definition) is 3. The molecule has 96 valence electrons. The summed E-state index contributed by atoms with van der Waals surface area (Å²) in [6.45, 7) is 3.20. The molecule has 0 aliphatic rings. The monoisotopic (exact) mass is 238 g/mol. The van der Waals surface area contributed by atoms with Crippen LogP contribution in [0.5, 0.6) is 0 Å². The SMILES string of the molecule is COC(C)(C)CC(=O)N(CCN)CC(F)F. The molecule has 0 fully saturated rings. The largest absolute Gasteiger partial charge is 0.378 e. The molecule has 2 N–H and O–H groups in total. The number of halogens is 2. The standard InChI is InChI=1S/C10H20F2N2O2/c1-10(2,16-3)6-9(15)14(5-4-13)7-8(11)12/h8H,4-7,13H2,1-3H3. The van der Waals surface area contributed by atoms with E-state index in [1.165, 1.54) is 7.11 Å². The molecule has 0 rings (SSSR count). The van der Waals surface area contributed by atoms with Crippen LogP contribution in [0.2, 0.25) is 0 Å². The fourth-order valence-corrected chi connectivity index (χ4v) is 1.19. The minimum absolute atomic E-state index is 0.0657. The first-order valence-corrected chi connectivity index (χ1v) is 5.13. The van der Waals surface area contributed by atoms with Crippen LogP contribution in [0, 0.1) is 0 Å². The maximum atomic E-state index is 12.2. The van der Waals surface area contributed by atoms with Gasteiger partial charge in [0, 0.05) is 20.2 Å². The van der Waals surface area contributed by atoms with Crippen LogP contribution in [0.3, 0.4) is 0 Å². The van der Waals surface area contributed by atoms with E-state index in [0.29, 0.717) is 0 Å². The number of ether oxygens (including phenoxy) is 1. The quantitative estimate of drug-likeness (QED) is 0.715. The maximum Gasteiger partial charge on any atom is 0.255 e. The first-order valence-electron chi connectivity index (χ1n) is 5.13. The van der Waals surface area contributed by atoms with Crippen molar-refractivity contribution in [3.63, 3.8) is 0 Å². The molecule has 0 radical (unpaired) electrons. The maximum absolute atomic E-state index is 12.2. The molecule has 0 aromatic heterocycles. The van der Waals surface area contributed by atoms with Gasteiger partial charge in [0.25, 0.3) is 6.43 Å². The molecule has 6 heteroatoms. The second kappa shape index (κ2) is 6.75. The molecule has 0 aromatic rings. The molecule has 4 nitrogen and oxygen atoms in total. The van der Waals surface area contributed by atoms with Crippen LogP contribution in [0.25, 0.3) is 0 Å². The van der Waals surface area contributed by atoms with Crippen LogP contribution < -0.4 is 5.73 Å². The van der Waals surface area contributed by atoms with Crippen molar-refractivity contribution in [2.45, 2.75) is 32.3 Å². The minimum atomic E-state index is -2.54. The average molecular weight is 238 g/mol. The lowest BCUT2D eigenvalue weighted by Crippen LogP contribution is -2.42. The number of methoxy groups -OCH3 is 1. The lowest BCUT2D eigenvalue weighted by molar-refractivity contribution is -0.138. The van der Waals surface area contributed by atoms with Gasteiger partial charge in [0.05, 0.1) is 18.6 Å². The number of carbonyl (C=O) groups excluding carboxylic acids is 1. The van der Waals surface area contributed by atoms with E-state index in [0.717, 1.165) is 4.90 Å². The van der Waals surface area contributed by atoms with Crippen molar-refractivity contribution >= 4 is 5.91 Å². The summed E-state index contributed by atoms with van der Waals surface area (Å²) >= 11 is 0. The number of nitrogens with zero attached hydrogens (tertiary/aromatic N) is 1. The third-order valence-corrected chi connectivity index (χ3v) is 2.24. The summed E-state index contributed by atoms with van der Waals surface area (Å²) in [5, 5.41) is 0. The van der Waals surface area contributed by atoms with Gasteiger partial charge >= 0.3 is 0 Å². The Morgan fingerprint density at radius 1 is 1.50 bits per heavy atom. The smallest absolute Gasteiger partial charge is 0.255 e. The Morgan fingerprint density at radius 2 is 2.06 bits per heavy atom. The number of alkyl halides is 2. The van der Waals surface area contributed by atoms with Crippen LogP contribution >= 0.6 is 0 Å². The summed E-state index contributed by atoms with van der Waals surface area (Å²) in [6, 6.07) is 0. The van der Waals surface area contributed by atoms with Gasteiger partial charge in [-0.2, -0.15) is 0 Å². The van der Waals surface area contributed by atoms with Crippen LogP contribution in [-0.2, 0) is 9.53 Å². The van der Waals surface area contributed by atoms with Crippen LogP contribution in [0.15, 0.2) is 0 Å². The predicted octanol–water partition coefficient (Wildman–Crippen LogP) is 0.854. The molecule has 0 saturated carbocycles. The van der Waals surface area contributed by atoms with Gasteiger partial charge in [-0.15, -0.1) is 0 Å². The molecule has 0 heterocycles. The highest BCUT2D eigenvalue weighted by atomic mass is 19.3. The van der Waals surface area contributed by atoms with E-state index < -0.39 is 18.6 Å². The third-order valence-electron chi connectivity index (χ3n) is 2.24. The Bertz CT molecular complexity index is 223. The molecule has 16 heavy (non-hydrogen) atoms. The van der Waals surface area contributed by atoms with Gasteiger partial charge in [0.1, 0.15) is 0 Å². The van der Waals surface area contributed by atoms with Crippen molar-refractivity contribution in [3.8, 4) is 0 Å². The van der Waals surface area contributed by atoms with Gasteiger partial charge in [-0.05, 0) is 13.8 Å². The Balaban J connectivity index is 4.37. The summed E-state index contributed by atoms with van der Waals surface area (Å²) in [7, 11) is 1.48. The molecule has 0 atom stereocenters. The summed E-state index contributed by atoms with van der Waals surface area (Å²) in [5.41, 5.74) is 4.62. The zero-order valence-electron chi connectivity index (χ0n) is 10.0. The van der Waals surface area contributed by atoms with Gasteiger partial charge < -0.3 is 15.4 Å². The molecular weight excluding hydrogens is 218 g/mol. The normalized spacial score (nSPS) is 11.9. The van der Waals surface area contributed by atoms with E-state index in [1.807, 2.05) is 0 Å². The zero-order valence-corrected chi connectivity index (χ0v) is 10.0. The Morgan fingerprint density at radius 3 is 2.44 bits per heavy atom. The third kappa shape index (κ3) is 5.97. The molecular formula is C10H20F2N2O2. The molecule has 0 aliphatic carbocycles. The van der Waals surface area contributed by atoms with Gasteiger partial charge in [-0.25, -0.2) is 8.78 Å². The van der Waals surface area contributed by atoms with Crippen molar-refractivity contribution < 1.29 is 18.3 Å². The van der Waals surface area contributed by atoms with Crippen molar-refractivity contribution in [2.75, 3.05) is 26.7 Å². The van der Waals surface area contributed by atoms with Gasteiger partial charge in [-0.1, -0.05) is 0 Å². The van der Waals surface area contributed by atoms with E-state index in [-0.39, 0.29) is 25.4 Å². The molecule has 0 spiro atoms. The number of nitrogens with two attached hydrogens (primary N) is 1. The summed E-state index contributed by atoms with van der Waals surface area (Å²) in [5.74, 6) is -0.363. The van der Waals surface area contributed by atoms with Gasteiger partial charge in [0.15, 0.2) is 0 Å². The highest BCUT2D eigenvalue weighted by Crippen LogP contribution is 2.15. The summed E-state index contributed by atoms with van der Waals surface area (Å²) in [6.07, 6.45) is -2.47. The fourth-order valence-electron chi connectivity index (χ4n) is 1.19. The van der Waals surface area contributed by atoms with E-state index in [9.17, 15) is 13.6 Å². The first-order chi connectivity index (χ1) is 7.32. The lowest BCUT2D eigenvalue weighted by Gasteiger charge is -2.27. The topological polar surface area (TPSA) is 55.6 Å². The Kier molecular flexibility index (Phi) is 6.43. The summed E-state index contributed by atoms with van der Waals surface area (Å²) in [4.78, 5) is 12.8. The van der Waals surface area contributed by atoms with E-state index in [2.05, 4.69) is 0 Å². The van der Waals surface area contributed by atoms with Crippen LogP contribution in [0.1, 0.15) is 20.3 Å². The van der Waals surface area contributed by atoms with Crippen LogP contribution in [0.4, 0.5) is 8.78 Å². The summed E-state index contributed by atoms with van der Waals surface area (Å²) < 4.78 is 29.5. The second-order valence-electron chi connectivity index (χ2n) is 4.16. The van der Waals surface area contributed by atoms with Crippen LogP contribution in [-0.4, -0.2) is 49.6 Å². The Hall–Kier alpha value is -0.750. The van der Waals surface area contributed by atoms with Crippen molar-refractivity contribution in [1.82, 2.24) is 4.90 Å². The van der Waals surface area contributed by atoms with Crippen molar-refractivity contribution in [3.05, 3.63) is 0 Å². The molecule has 1 amide bonds. The zero-order chi connectivity index (χ0) is 12.8. The first kappa shape index (κ1) is 15.2. The van der Waals surface area contributed by atoms with Crippen molar-refractivity contribution in [1.29, 1.82) is 0 Å². The van der Waals surface area contributed by atoms with E-state index in [4.69, 9.17) is 10.5 Å². The number of rotatable bonds is 7. The highest BCUT2D eigenvalue weighted by molar-refractivity contribution is 5.77. The number of hydrogen-bond donors (Lipinski definition) is 1. The average Bonchev–Trinajstić information content (AvgIpc) is 2.16. The number of carbonyl (C=O) groups is 1. The van der Waals surface area contributed by atoms with Gasteiger partial charge in [0.2, 0.25) is 5.91 Å². The van der Waals surface area contributed by atoms with E-state index >= 15 is 0 Å². The lowest BCUT2D eigenvalue weighted by atomic mass is 10.0. The predicted molar refractivity (Wildman–Crippen MR) is 57.3 cm³/mol. The van der Waals surface area contributed by atoms with Gasteiger partial charge in [-0.3, -0.25) is 4.79 Å². The van der Waals surface area contributed by atoms with Crippen molar-refractivity contribution in [2.24, 2.45) is 5.73 Å². The van der Waals surface area contributed by atoms with E-state index in [1.54, 1.807) is 13.8 Å². The second-order valence-corrected chi connectivity index (χ2v) is 4.16. The minimum Gasteiger partial charge on any atom is -0.378 e. The molecule has 0 aromatic carbocycles. The molecule has 0 aliphatic heterocycles.